The van der Waals surface area contributed by atoms with Crippen molar-refractivity contribution in [2.45, 2.75) is 102 Å². The van der Waals surface area contributed by atoms with Crippen LogP contribution in [0.4, 0.5) is 0 Å². The molecule has 0 bridgehead atoms. The van der Waals surface area contributed by atoms with Crippen LogP contribution < -0.4 is 5.32 Å². The number of allylic oxidation sites excluding steroid dienone is 1. The molecule has 2 heterocycles. The highest BCUT2D eigenvalue weighted by Gasteiger charge is 2.46. The molecule has 2 aliphatic heterocycles. The first kappa shape index (κ1) is 23.6. The van der Waals surface area contributed by atoms with E-state index in [0.29, 0.717) is 18.3 Å². The highest BCUT2D eigenvalue weighted by molar-refractivity contribution is 5.73. The summed E-state index contributed by atoms with van der Waals surface area (Å²) in [6, 6.07) is -0.928. The molecule has 8 heteroatoms. The Morgan fingerprint density at radius 1 is 1.33 bits per heavy atom. The van der Waals surface area contributed by atoms with E-state index in [0.717, 1.165) is 12.8 Å². The number of amides is 1. The van der Waals surface area contributed by atoms with Crippen LogP contribution in [-0.4, -0.2) is 76.8 Å². The highest BCUT2D eigenvalue weighted by atomic mass is 16.7. The van der Waals surface area contributed by atoms with Crippen molar-refractivity contribution in [1.29, 1.82) is 0 Å². The zero-order valence-electron chi connectivity index (χ0n) is 18.4. The lowest BCUT2D eigenvalue weighted by molar-refractivity contribution is -0.283. The molecule has 0 radical (unpaired) electrons. The average molecular weight is 428 g/mol. The van der Waals surface area contributed by atoms with E-state index in [9.17, 15) is 20.1 Å². The summed E-state index contributed by atoms with van der Waals surface area (Å²) in [5.74, 6) is 0.765. The molecule has 0 saturated carbocycles. The van der Waals surface area contributed by atoms with Crippen molar-refractivity contribution in [3.8, 4) is 0 Å². The molecule has 1 amide bonds. The Morgan fingerprint density at radius 3 is 2.73 bits per heavy atom. The van der Waals surface area contributed by atoms with E-state index < -0.39 is 37.3 Å². The Morgan fingerprint density at radius 2 is 2.07 bits per heavy atom. The van der Waals surface area contributed by atoms with Gasteiger partial charge in [0, 0.05) is 6.92 Å². The fraction of sp³-hybridized carbons (Fsp3) is 0.864. The van der Waals surface area contributed by atoms with Gasteiger partial charge in [-0.1, -0.05) is 18.6 Å². The van der Waals surface area contributed by atoms with Gasteiger partial charge >= 0.3 is 0 Å². The first-order valence-corrected chi connectivity index (χ1v) is 11.1. The van der Waals surface area contributed by atoms with Crippen molar-refractivity contribution in [3.63, 3.8) is 0 Å². The van der Waals surface area contributed by atoms with Gasteiger partial charge in [-0.3, -0.25) is 4.79 Å². The summed E-state index contributed by atoms with van der Waals surface area (Å²) in [6.07, 6.45) is 1.51. The molecule has 0 aromatic carbocycles. The molecule has 172 valence electrons. The van der Waals surface area contributed by atoms with E-state index in [2.05, 4.69) is 25.2 Å². The van der Waals surface area contributed by atoms with Gasteiger partial charge in [0.1, 0.15) is 24.4 Å². The van der Waals surface area contributed by atoms with E-state index in [4.69, 9.17) is 14.2 Å². The summed E-state index contributed by atoms with van der Waals surface area (Å²) < 4.78 is 18.1. The van der Waals surface area contributed by atoms with Crippen LogP contribution >= 0.6 is 0 Å². The predicted octanol–water partition coefficient (Wildman–Crippen LogP) is 0.875. The summed E-state index contributed by atoms with van der Waals surface area (Å²) in [6.45, 7) is 7.21. The Kier molecular flexibility index (Phi) is 7.92. The van der Waals surface area contributed by atoms with E-state index >= 15 is 0 Å². The van der Waals surface area contributed by atoms with E-state index in [-0.39, 0.29) is 24.2 Å². The molecular weight excluding hydrogens is 390 g/mol. The third-order valence-corrected chi connectivity index (χ3v) is 6.67. The maximum atomic E-state index is 11.6. The maximum Gasteiger partial charge on any atom is 0.217 e. The van der Waals surface area contributed by atoms with Crippen molar-refractivity contribution in [2.24, 2.45) is 11.8 Å². The molecule has 0 spiro atoms. The van der Waals surface area contributed by atoms with Crippen LogP contribution in [0.5, 0.6) is 0 Å². The third kappa shape index (κ3) is 5.41. The highest BCUT2D eigenvalue weighted by Crippen LogP contribution is 2.39. The predicted molar refractivity (Wildman–Crippen MR) is 109 cm³/mol. The number of nitrogens with one attached hydrogen (secondary N) is 1. The number of carbonyl (C=O) groups is 1. The number of aliphatic hydroxyl groups excluding tert-OH is 3. The molecule has 0 aromatic heterocycles. The van der Waals surface area contributed by atoms with Gasteiger partial charge in [-0.2, -0.15) is 0 Å². The topological polar surface area (TPSA) is 117 Å². The van der Waals surface area contributed by atoms with Gasteiger partial charge in [0.15, 0.2) is 6.29 Å². The summed E-state index contributed by atoms with van der Waals surface area (Å²) in [5, 5.41) is 32.6. The zero-order chi connectivity index (χ0) is 22.0. The van der Waals surface area contributed by atoms with Crippen molar-refractivity contribution in [1.82, 2.24) is 5.32 Å². The van der Waals surface area contributed by atoms with E-state index in [1.54, 1.807) is 0 Å². The lowest BCUT2D eigenvalue weighted by atomic mass is 9.75. The fourth-order valence-corrected chi connectivity index (χ4v) is 5.05. The second-order valence-corrected chi connectivity index (χ2v) is 9.27. The van der Waals surface area contributed by atoms with Crippen molar-refractivity contribution in [2.75, 3.05) is 6.61 Å². The van der Waals surface area contributed by atoms with Crippen LogP contribution in [0.1, 0.15) is 53.4 Å². The van der Waals surface area contributed by atoms with E-state index in [1.165, 1.54) is 18.9 Å². The van der Waals surface area contributed by atoms with Crippen molar-refractivity contribution in [3.05, 3.63) is 11.6 Å². The summed E-state index contributed by atoms with van der Waals surface area (Å²) in [4.78, 5) is 11.6. The first-order valence-electron chi connectivity index (χ1n) is 11.1. The van der Waals surface area contributed by atoms with Crippen LogP contribution in [0, 0.1) is 11.8 Å². The van der Waals surface area contributed by atoms with Gasteiger partial charge in [0.2, 0.25) is 5.91 Å². The lowest BCUT2D eigenvalue weighted by Gasteiger charge is -2.44. The second-order valence-electron chi connectivity index (χ2n) is 9.27. The Balaban J connectivity index is 1.62. The summed E-state index contributed by atoms with van der Waals surface area (Å²) >= 11 is 0. The van der Waals surface area contributed by atoms with Crippen LogP contribution in [0.3, 0.4) is 0 Å². The minimum Gasteiger partial charge on any atom is -0.394 e. The summed E-state index contributed by atoms with van der Waals surface area (Å²) in [5.41, 5.74) is 1.38. The standard InChI is InChI=1S/C22H37NO7/c1-11-5-6-16-12(2)8-15(29-17(16)7-11)9-13(3)28-22-19(23-14(4)25)21(27)20(26)18(10-24)30-22/h7,12-13,15-22,24,26-27H,5-6,8-10H2,1-4H3,(H,23,25)/t12-,13+,15-,16+,17+,18+,19+,20+,21+,22-/m0/s1. The molecule has 0 aromatic rings. The van der Waals surface area contributed by atoms with Gasteiger partial charge in [0.25, 0.3) is 0 Å². The largest absolute Gasteiger partial charge is 0.394 e. The van der Waals surface area contributed by atoms with Gasteiger partial charge in [-0.15, -0.1) is 0 Å². The van der Waals surface area contributed by atoms with Gasteiger partial charge in [-0.05, 0) is 51.4 Å². The monoisotopic (exact) mass is 427 g/mol. The molecule has 10 atom stereocenters. The molecule has 3 aliphatic rings. The quantitative estimate of drug-likeness (QED) is 0.465. The molecule has 4 N–H and O–H groups in total. The smallest absolute Gasteiger partial charge is 0.217 e. The average Bonchev–Trinajstić information content (AvgIpc) is 2.66. The third-order valence-electron chi connectivity index (χ3n) is 6.67. The van der Waals surface area contributed by atoms with Crippen molar-refractivity contribution >= 4 is 5.91 Å². The Hall–Kier alpha value is -1.03. The van der Waals surface area contributed by atoms with Gasteiger partial charge in [0.05, 0.1) is 24.9 Å². The molecule has 0 unspecified atom stereocenters. The van der Waals surface area contributed by atoms with E-state index in [1.807, 2.05) is 6.92 Å². The molecule has 8 nitrogen and oxygen atoms in total. The lowest BCUT2D eigenvalue weighted by Crippen LogP contribution is -2.65. The molecular formula is C22H37NO7. The number of ether oxygens (including phenoxy) is 3. The number of fused-ring (bicyclic) bond motifs is 1. The van der Waals surface area contributed by atoms with Crippen LogP contribution in [-0.2, 0) is 19.0 Å². The first-order chi connectivity index (χ1) is 14.2. The number of rotatable bonds is 6. The van der Waals surface area contributed by atoms with Gasteiger partial charge < -0.3 is 34.8 Å². The zero-order valence-corrected chi connectivity index (χ0v) is 18.4. The molecule has 3 rings (SSSR count). The van der Waals surface area contributed by atoms with Crippen molar-refractivity contribution < 1.29 is 34.3 Å². The van der Waals surface area contributed by atoms with Crippen LogP contribution in [0.15, 0.2) is 11.6 Å². The van der Waals surface area contributed by atoms with Crippen LogP contribution in [0.25, 0.3) is 0 Å². The number of carbonyl (C=O) groups excluding carboxylic acids is 1. The second kappa shape index (κ2) is 10.1. The molecule has 30 heavy (non-hydrogen) atoms. The normalized spacial score (nSPS) is 42.8. The molecule has 1 aliphatic carbocycles. The minimum absolute atomic E-state index is 0.0466. The Labute approximate surface area is 178 Å². The number of aliphatic hydroxyl groups is 3. The molecule has 2 saturated heterocycles. The van der Waals surface area contributed by atoms with Crippen LogP contribution in [0.2, 0.25) is 0 Å². The molecule has 2 fully saturated rings. The fourth-order valence-electron chi connectivity index (χ4n) is 5.05. The number of hydrogen-bond acceptors (Lipinski definition) is 7. The van der Waals surface area contributed by atoms with Gasteiger partial charge in [-0.25, -0.2) is 0 Å². The SMILES string of the molecule is CC(=O)N[C@H]1[C@@H](O[C@H](C)C[C@@H]2C[C@H](C)[C@H]3CCC(C)=C[C@H]3O2)O[C@H](CO)[C@@H](O)[C@@H]1O. The minimum atomic E-state index is -1.32. The number of hydrogen-bond donors (Lipinski definition) is 4. The summed E-state index contributed by atoms with van der Waals surface area (Å²) in [7, 11) is 0. The Bertz CT molecular complexity index is 627. The maximum absolute atomic E-state index is 11.6.